The molecule has 0 aromatic heterocycles. The fourth-order valence-corrected chi connectivity index (χ4v) is 1.71. The topological polar surface area (TPSA) is 9.23 Å². The van der Waals surface area contributed by atoms with Crippen molar-refractivity contribution in [3.63, 3.8) is 0 Å². The van der Waals surface area contributed by atoms with E-state index in [1.807, 2.05) is 0 Å². The van der Waals surface area contributed by atoms with Crippen molar-refractivity contribution in [2.45, 2.75) is 32.3 Å². The summed E-state index contributed by atoms with van der Waals surface area (Å²) in [6.45, 7) is 3.11. The summed E-state index contributed by atoms with van der Waals surface area (Å²) in [6, 6.07) is 0. The summed E-state index contributed by atoms with van der Waals surface area (Å²) in [5.74, 6) is 1.79. The smallest absolute Gasteiger partial charge is 0.0547 e. The van der Waals surface area contributed by atoms with Gasteiger partial charge in [-0.3, -0.25) is 0 Å². The predicted molar refractivity (Wildman–Crippen MR) is 46.6 cm³/mol. The van der Waals surface area contributed by atoms with Crippen molar-refractivity contribution in [2.24, 2.45) is 5.92 Å². The van der Waals surface area contributed by atoms with Gasteiger partial charge in [0.1, 0.15) is 0 Å². The zero-order valence-corrected chi connectivity index (χ0v) is 7.44. The lowest BCUT2D eigenvalue weighted by Crippen LogP contribution is -2.23. The van der Waals surface area contributed by atoms with Gasteiger partial charge in [-0.2, -0.15) is 12.6 Å². The van der Waals surface area contributed by atoms with E-state index in [0.717, 1.165) is 18.3 Å². The van der Waals surface area contributed by atoms with Crippen LogP contribution in [0.3, 0.4) is 0 Å². The van der Waals surface area contributed by atoms with Crippen LogP contribution in [-0.4, -0.2) is 18.5 Å². The number of rotatable bonds is 2. The third kappa shape index (κ3) is 2.51. The molecule has 0 aromatic carbocycles. The molecule has 1 heterocycles. The fourth-order valence-electron chi connectivity index (χ4n) is 1.35. The van der Waals surface area contributed by atoms with Crippen LogP contribution in [0.25, 0.3) is 0 Å². The maximum atomic E-state index is 5.51. The molecule has 0 radical (unpaired) electrons. The van der Waals surface area contributed by atoms with Crippen LogP contribution in [0.5, 0.6) is 0 Å². The molecule has 0 bridgehead atoms. The summed E-state index contributed by atoms with van der Waals surface area (Å²) >= 11 is 4.20. The third-order valence-electron chi connectivity index (χ3n) is 2.14. The maximum Gasteiger partial charge on any atom is 0.0547 e. The van der Waals surface area contributed by atoms with Gasteiger partial charge in [0.2, 0.25) is 0 Å². The summed E-state index contributed by atoms with van der Waals surface area (Å²) in [7, 11) is 0. The summed E-state index contributed by atoms with van der Waals surface area (Å²) < 4.78 is 5.51. The Labute approximate surface area is 68.6 Å². The zero-order chi connectivity index (χ0) is 7.40. The highest BCUT2D eigenvalue weighted by Gasteiger charge is 2.17. The number of hydrogen-bond acceptors (Lipinski definition) is 2. The third-order valence-corrected chi connectivity index (χ3v) is 2.39. The molecule has 2 heteroatoms. The molecule has 1 nitrogen and oxygen atoms in total. The van der Waals surface area contributed by atoms with Crippen LogP contribution in [0.1, 0.15) is 26.2 Å². The van der Waals surface area contributed by atoms with Crippen LogP contribution < -0.4 is 0 Å². The average molecular weight is 160 g/mol. The molecule has 0 spiro atoms. The second kappa shape index (κ2) is 4.24. The molecular weight excluding hydrogens is 144 g/mol. The highest BCUT2D eigenvalue weighted by molar-refractivity contribution is 7.80. The van der Waals surface area contributed by atoms with E-state index in [9.17, 15) is 0 Å². The van der Waals surface area contributed by atoms with Gasteiger partial charge in [-0.15, -0.1) is 0 Å². The van der Waals surface area contributed by atoms with Gasteiger partial charge in [-0.1, -0.05) is 0 Å². The SMILES string of the molecule is CC1CCC(CCS)CO1. The lowest BCUT2D eigenvalue weighted by atomic mass is 9.97. The lowest BCUT2D eigenvalue weighted by Gasteiger charge is -2.26. The molecule has 0 saturated carbocycles. The van der Waals surface area contributed by atoms with Gasteiger partial charge in [0.05, 0.1) is 6.10 Å². The van der Waals surface area contributed by atoms with Crippen molar-refractivity contribution in [3.8, 4) is 0 Å². The highest BCUT2D eigenvalue weighted by Crippen LogP contribution is 2.21. The van der Waals surface area contributed by atoms with E-state index in [4.69, 9.17) is 4.74 Å². The van der Waals surface area contributed by atoms with Gasteiger partial charge in [-0.25, -0.2) is 0 Å². The maximum absolute atomic E-state index is 5.51. The minimum atomic E-state index is 0.496. The van der Waals surface area contributed by atoms with Crippen molar-refractivity contribution < 1.29 is 4.74 Å². The number of thiol groups is 1. The number of hydrogen-bond donors (Lipinski definition) is 1. The summed E-state index contributed by atoms with van der Waals surface area (Å²) in [5, 5.41) is 0. The Hall–Kier alpha value is 0.310. The molecule has 0 N–H and O–H groups in total. The Balaban J connectivity index is 2.13. The molecule has 0 aromatic rings. The molecule has 10 heavy (non-hydrogen) atoms. The molecule has 60 valence electrons. The zero-order valence-electron chi connectivity index (χ0n) is 6.55. The first-order valence-electron chi connectivity index (χ1n) is 4.05. The van der Waals surface area contributed by atoms with E-state index < -0.39 is 0 Å². The average Bonchev–Trinajstić information content (AvgIpc) is 1.95. The summed E-state index contributed by atoms with van der Waals surface area (Å²) in [4.78, 5) is 0. The Kier molecular flexibility index (Phi) is 3.57. The normalized spacial score (nSPS) is 34.2. The van der Waals surface area contributed by atoms with Gasteiger partial charge < -0.3 is 4.74 Å². The lowest BCUT2D eigenvalue weighted by molar-refractivity contribution is -0.00541. The molecule has 0 amide bonds. The standard InChI is InChI=1S/C8H16OS/c1-7-2-3-8(4-5-10)6-9-7/h7-8,10H,2-6H2,1H3. The summed E-state index contributed by atoms with van der Waals surface area (Å²) in [6.07, 6.45) is 4.28. The van der Waals surface area contributed by atoms with E-state index >= 15 is 0 Å². The van der Waals surface area contributed by atoms with Gasteiger partial charge in [0.15, 0.2) is 0 Å². The molecule has 2 unspecified atom stereocenters. The van der Waals surface area contributed by atoms with Crippen LogP contribution in [0, 0.1) is 5.92 Å². The molecule has 0 aliphatic carbocycles. The predicted octanol–water partition coefficient (Wildman–Crippen LogP) is 2.12. The molecule has 2 atom stereocenters. The fraction of sp³-hybridized carbons (Fsp3) is 1.00. The minimum Gasteiger partial charge on any atom is -0.378 e. The van der Waals surface area contributed by atoms with Gasteiger partial charge in [0.25, 0.3) is 0 Å². The van der Waals surface area contributed by atoms with Gasteiger partial charge >= 0.3 is 0 Å². The monoisotopic (exact) mass is 160 g/mol. The molecule has 1 fully saturated rings. The van der Waals surface area contributed by atoms with Crippen LogP contribution in [-0.2, 0) is 4.74 Å². The quantitative estimate of drug-likeness (QED) is 0.609. The second-order valence-corrected chi connectivity index (χ2v) is 3.55. The van der Waals surface area contributed by atoms with Crippen LogP contribution >= 0.6 is 12.6 Å². The first kappa shape index (κ1) is 8.41. The minimum absolute atomic E-state index is 0.496. The molecule has 1 saturated heterocycles. The molecular formula is C8H16OS. The van der Waals surface area contributed by atoms with Crippen molar-refractivity contribution in [2.75, 3.05) is 12.4 Å². The van der Waals surface area contributed by atoms with Crippen molar-refractivity contribution in [3.05, 3.63) is 0 Å². The Morgan fingerprint density at radius 2 is 2.30 bits per heavy atom. The van der Waals surface area contributed by atoms with Gasteiger partial charge in [-0.05, 0) is 37.9 Å². The van der Waals surface area contributed by atoms with E-state index in [2.05, 4.69) is 19.6 Å². The molecule has 1 aliphatic heterocycles. The van der Waals surface area contributed by atoms with Gasteiger partial charge in [0, 0.05) is 6.61 Å². The summed E-state index contributed by atoms with van der Waals surface area (Å²) in [5.41, 5.74) is 0. The highest BCUT2D eigenvalue weighted by atomic mass is 32.1. The first-order valence-corrected chi connectivity index (χ1v) is 4.68. The Morgan fingerprint density at radius 1 is 1.50 bits per heavy atom. The van der Waals surface area contributed by atoms with Crippen molar-refractivity contribution in [1.82, 2.24) is 0 Å². The van der Waals surface area contributed by atoms with Crippen molar-refractivity contribution >= 4 is 12.6 Å². The second-order valence-electron chi connectivity index (χ2n) is 3.10. The van der Waals surface area contributed by atoms with Crippen LogP contribution in [0.15, 0.2) is 0 Å². The number of ether oxygens (including phenoxy) is 1. The van der Waals surface area contributed by atoms with Crippen LogP contribution in [0.4, 0.5) is 0 Å². The van der Waals surface area contributed by atoms with Crippen molar-refractivity contribution in [1.29, 1.82) is 0 Å². The largest absolute Gasteiger partial charge is 0.378 e. The molecule has 1 rings (SSSR count). The van der Waals surface area contributed by atoms with E-state index in [0.29, 0.717) is 6.10 Å². The van der Waals surface area contributed by atoms with E-state index in [-0.39, 0.29) is 0 Å². The Morgan fingerprint density at radius 3 is 2.80 bits per heavy atom. The van der Waals surface area contributed by atoms with E-state index in [1.165, 1.54) is 19.3 Å². The van der Waals surface area contributed by atoms with Crippen LogP contribution in [0.2, 0.25) is 0 Å². The molecule has 1 aliphatic rings. The Bertz CT molecular complexity index is 87.3. The first-order chi connectivity index (χ1) is 4.83. The van der Waals surface area contributed by atoms with E-state index in [1.54, 1.807) is 0 Å².